The third kappa shape index (κ3) is 1.99. The number of nitrogens with zero attached hydrogens (tertiary/aromatic N) is 1. The Morgan fingerprint density at radius 1 is 1.33 bits per heavy atom. The van der Waals surface area contributed by atoms with E-state index in [0.717, 1.165) is 19.1 Å². The van der Waals surface area contributed by atoms with E-state index in [0.29, 0.717) is 0 Å². The maximum Gasteiger partial charge on any atom is 0.418 e. The summed E-state index contributed by atoms with van der Waals surface area (Å²) < 4.78 is 38.2. The van der Waals surface area contributed by atoms with Crippen molar-refractivity contribution in [1.82, 2.24) is 9.97 Å². The number of fused-ring (bicyclic) bond motifs is 1. The first-order valence-electron chi connectivity index (χ1n) is 4.92. The van der Waals surface area contributed by atoms with E-state index in [1.807, 2.05) is 0 Å². The van der Waals surface area contributed by atoms with Crippen LogP contribution in [0.4, 0.5) is 13.2 Å². The van der Waals surface area contributed by atoms with Crippen LogP contribution in [-0.2, 0) is 6.18 Å². The van der Waals surface area contributed by atoms with Crippen molar-refractivity contribution in [2.75, 3.05) is 0 Å². The van der Waals surface area contributed by atoms with Crippen LogP contribution in [0.2, 0.25) is 0 Å². The summed E-state index contributed by atoms with van der Waals surface area (Å²) in [5.74, 6) is -0.991. The average molecular weight is 256 g/mol. The highest BCUT2D eigenvalue weighted by Crippen LogP contribution is 2.32. The van der Waals surface area contributed by atoms with E-state index in [1.54, 1.807) is 0 Å². The molecule has 0 aliphatic carbocycles. The molecule has 7 heteroatoms. The topological polar surface area (TPSA) is 62.8 Å². The fourth-order valence-electron chi connectivity index (χ4n) is 1.56. The van der Waals surface area contributed by atoms with Gasteiger partial charge in [-0.25, -0.2) is 4.98 Å². The number of benzene rings is 1. The molecule has 94 valence electrons. The quantitative estimate of drug-likeness (QED) is 0.795. The minimum atomic E-state index is -4.63. The van der Waals surface area contributed by atoms with Gasteiger partial charge >= 0.3 is 6.18 Å². The number of alkyl halides is 3. The first-order valence-corrected chi connectivity index (χ1v) is 4.92. The van der Waals surface area contributed by atoms with Crippen molar-refractivity contribution >= 4 is 16.7 Å². The zero-order valence-electron chi connectivity index (χ0n) is 9.13. The molecule has 0 aliphatic heterocycles. The van der Waals surface area contributed by atoms with Crippen LogP contribution in [0.1, 0.15) is 23.1 Å². The predicted octanol–water partition coefficient (Wildman–Crippen LogP) is 2.14. The molecule has 0 atom stereocenters. The Morgan fingerprint density at radius 2 is 2.00 bits per heavy atom. The maximum absolute atomic E-state index is 12.7. The Morgan fingerprint density at radius 3 is 2.56 bits per heavy atom. The van der Waals surface area contributed by atoms with Gasteiger partial charge in [-0.15, -0.1) is 0 Å². The smallest absolute Gasteiger partial charge is 0.303 e. The number of para-hydroxylation sites is 1. The van der Waals surface area contributed by atoms with Gasteiger partial charge in [-0.3, -0.25) is 9.59 Å². The number of H-pyrrole nitrogens is 1. The van der Waals surface area contributed by atoms with E-state index < -0.39 is 28.6 Å². The van der Waals surface area contributed by atoms with Crippen molar-refractivity contribution in [1.29, 1.82) is 0 Å². The molecule has 2 aromatic rings. The van der Waals surface area contributed by atoms with E-state index in [4.69, 9.17) is 0 Å². The second-order valence-corrected chi connectivity index (χ2v) is 3.67. The van der Waals surface area contributed by atoms with Crippen LogP contribution >= 0.6 is 0 Å². The zero-order valence-corrected chi connectivity index (χ0v) is 9.13. The summed E-state index contributed by atoms with van der Waals surface area (Å²) in [6, 6.07) is 3.16. The van der Waals surface area contributed by atoms with Gasteiger partial charge in [0.25, 0.3) is 5.56 Å². The number of aromatic amines is 1. The second-order valence-electron chi connectivity index (χ2n) is 3.67. The fraction of sp³-hybridized carbons (Fsp3) is 0.182. The summed E-state index contributed by atoms with van der Waals surface area (Å²) >= 11 is 0. The van der Waals surface area contributed by atoms with Crippen LogP contribution in [0.25, 0.3) is 10.9 Å². The molecule has 1 heterocycles. The monoisotopic (exact) mass is 256 g/mol. The van der Waals surface area contributed by atoms with E-state index in [1.165, 1.54) is 6.07 Å². The molecule has 2 rings (SSSR count). The summed E-state index contributed by atoms with van der Waals surface area (Å²) in [4.78, 5) is 28.4. The maximum atomic E-state index is 12.7. The Balaban J connectivity index is 2.91. The van der Waals surface area contributed by atoms with Crippen LogP contribution < -0.4 is 5.56 Å². The SMILES string of the molecule is CC(=O)c1nc2c(C(F)(F)F)cccc2c(=O)[nH]1. The molecule has 18 heavy (non-hydrogen) atoms. The molecule has 0 unspecified atom stereocenters. The standard InChI is InChI=1S/C11H7F3N2O2/c1-5(17)9-15-8-6(10(18)16-9)3-2-4-7(8)11(12,13)14/h2-4H,1H3,(H,15,16,18). The molecule has 1 aromatic heterocycles. The molecule has 1 aromatic carbocycles. The third-order valence-corrected chi connectivity index (χ3v) is 2.38. The number of ketones is 1. The normalized spacial score (nSPS) is 11.8. The molecule has 0 radical (unpaired) electrons. The average Bonchev–Trinajstić information content (AvgIpc) is 2.26. The number of carbonyl (C=O) groups excluding carboxylic acids is 1. The van der Waals surface area contributed by atoms with Crippen LogP contribution in [0.15, 0.2) is 23.0 Å². The first-order chi connectivity index (χ1) is 8.30. The lowest BCUT2D eigenvalue weighted by molar-refractivity contribution is -0.136. The van der Waals surface area contributed by atoms with Crippen molar-refractivity contribution in [3.63, 3.8) is 0 Å². The first kappa shape index (κ1) is 12.3. The molecule has 1 N–H and O–H groups in total. The van der Waals surface area contributed by atoms with E-state index >= 15 is 0 Å². The number of hydrogen-bond donors (Lipinski definition) is 1. The Kier molecular flexibility index (Phi) is 2.68. The second kappa shape index (κ2) is 3.94. The lowest BCUT2D eigenvalue weighted by Crippen LogP contribution is -2.17. The predicted molar refractivity (Wildman–Crippen MR) is 57.4 cm³/mol. The minimum absolute atomic E-state index is 0.199. The Hall–Kier alpha value is -2.18. The molecule has 0 aliphatic rings. The summed E-state index contributed by atoms with van der Waals surface area (Å²) in [7, 11) is 0. The number of Topliss-reactive ketones (excluding diaryl/α,β-unsaturated/α-hetero) is 1. The van der Waals surface area contributed by atoms with Gasteiger partial charge in [0.05, 0.1) is 16.5 Å². The van der Waals surface area contributed by atoms with Crippen LogP contribution in [-0.4, -0.2) is 15.8 Å². The number of nitrogens with one attached hydrogen (secondary N) is 1. The third-order valence-electron chi connectivity index (χ3n) is 2.38. The van der Waals surface area contributed by atoms with Crippen molar-refractivity contribution in [3.8, 4) is 0 Å². The molecule has 0 saturated heterocycles. The van der Waals surface area contributed by atoms with Gasteiger partial charge in [0.1, 0.15) is 0 Å². The summed E-state index contributed by atoms with van der Waals surface area (Å²) in [6.07, 6.45) is -4.63. The fourth-order valence-corrected chi connectivity index (χ4v) is 1.56. The number of rotatable bonds is 1. The molecule has 0 saturated carbocycles. The number of carbonyl (C=O) groups is 1. The largest absolute Gasteiger partial charge is 0.418 e. The van der Waals surface area contributed by atoms with Gasteiger partial charge in [0, 0.05) is 6.92 Å². The molecular weight excluding hydrogens is 249 g/mol. The lowest BCUT2D eigenvalue weighted by Gasteiger charge is -2.09. The molecule has 0 fully saturated rings. The number of aromatic nitrogens is 2. The highest BCUT2D eigenvalue weighted by atomic mass is 19.4. The molecule has 4 nitrogen and oxygen atoms in total. The van der Waals surface area contributed by atoms with Crippen molar-refractivity contribution in [2.45, 2.75) is 13.1 Å². The molecule has 0 bridgehead atoms. The summed E-state index contributed by atoms with van der Waals surface area (Å²) in [5.41, 5.74) is -2.32. The number of halogens is 3. The van der Waals surface area contributed by atoms with Gasteiger partial charge in [-0.2, -0.15) is 13.2 Å². The Bertz CT molecular complexity index is 689. The van der Waals surface area contributed by atoms with E-state index in [9.17, 15) is 22.8 Å². The van der Waals surface area contributed by atoms with E-state index in [2.05, 4.69) is 9.97 Å². The molecule has 0 spiro atoms. The van der Waals surface area contributed by atoms with Gasteiger partial charge in [0.15, 0.2) is 11.6 Å². The zero-order chi connectivity index (χ0) is 13.5. The van der Waals surface area contributed by atoms with Crippen molar-refractivity contribution in [3.05, 3.63) is 39.9 Å². The van der Waals surface area contributed by atoms with Gasteiger partial charge < -0.3 is 4.98 Å². The van der Waals surface area contributed by atoms with Crippen LogP contribution in [0.3, 0.4) is 0 Å². The van der Waals surface area contributed by atoms with E-state index in [-0.39, 0.29) is 11.2 Å². The highest BCUT2D eigenvalue weighted by molar-refractivity contribution is 5.93. The number of hydrogen-bond acceptors (Lipinski definition) is 3. The van der Waals surface area contributed by atoms with Gasteiger partial charge in [-0.05, 0) is 12.1 Å². The van der Waals surface area contributed by atoms with Gasteiger partial charge in [-0.1, -0.05) is 6.07 Å². The van der Waals surface area contributed by atoms with Crippen molar-refractivity contribution in [2.24, 2.45) is 0 Å². The molecular formula is C11H7F3N2O2. The lowest BCUT2D eigenvalue weighted by atomic mass is 10.1. The summed E-state index contributed by atoms with van der Waals surface area (Å²) in [5, 5.41) is -0.199. The Labute approximate surface area is 98.5 Å². The van der Waals surface area contributed by atoms with Crippen LogP contribution in [0.5, 0.6) is 0 Å². The van der Waals surface area contributed by atoms with Crippen LogP contribution in [0, 0.1) is 0 Å². The highest BCUT2D eigenvalue weighted by Gasteiger charge is 2.33. The summed E-state index contributed by atoms with van der Waals surface area (Å²) in [6.45, 7) is 1.11. The molecule has 0 amide bonds. The van der Waals surface area contributed by atoms with Crippen molar-refractivity contribution < 1.29 is 18.0 Å². The minimum Gasteiger partial charge on any atom is -0.303 e. The van der Waals surface area contributed by atoms with Gasteiger partial charge in [0.2, 0.25) is 0 Å².